The van der Waals surface area contributed by atoms with Gasteiger partial charge in [0, 0.05) is 4.90 Å². The zero-order valence-electron chi connectivity index (χ0n) is 20.1. The van der Waals surface area contributed by atoms with Gasteiger partial charge in [0.05, 0.1) is 0 Å². The fourth-order valence-electron chi connectivity index (χ4n) is 5.93. The molecule has 0 fully saturated rings. The third-order valence-corrected chi connectivity index (χ3v) is 7.60. The minimum absolute atomic E-state index is 0.789. The van der Waals surface area contributed by atoms with E-state index in [0.717, 1.165) is 54.3 Å². The smallest absolute Gasteiger partial charge is 0.235 e. The fraction of sp³-hybridized carbons (Fsp3) is 0.241. The van der Waals surface area contributed by atoms with E-state index in [4.69, 9.17) is 0 Å². The Morgan fingerprint density at radius 1 is 0.656 bits per heavy atom. The van der Waals surface area contributed by atoms with E-state index in [2.05, 4.69) is 96.3 Å². The molecule has 0 radical (unpaired) electrons. The summed E-state index contributed by atoms with van der Waals surface area (Å²) in [6, 6.07) is 20.9. The first-order valence-corrected chi connectivity index (χ1v) is 12.5. The van der Waals surface area contributed by atoms with Crippen molar-refractivity contribution in [1.82, 2.24) is 0 Å². The fourth-order valence-corrected chi connectivity index (χ4v) is 6.58. The summed E-state index contributed by atoms with van der Waals surface area (Å²) in [6.07, 6.45) is -0.622. The molecule has 164 valence electrons. The van der Waals surface area contributed by atoms with Crippen molar-refractivity contribution in [3.63, 3.8) is 0 Å². The molecule has 4 aromatic rings. The average Bonchev–Trinajstić information content (AvgIpc) is 2.71. The Labute approximate surface area is 196 Å². The van der Waals surface area contributed by atoms with E-state index in [1.165, 1.54) is 11.1 Å². The van der Waals surface area contributed by atoms with Gasteiger partial charge in [-0.1, -0.05) is 88.0 Å². The lowest BCUT2D eigenvalue weighted by atomic mass is 9.28. The minimum atomic E-state index is -2.70. The third-order valence-electron chi connectivity index (χ3n) is 6.82. The van der Waals surface area contributed by atoms with E-state index in [-0.39, 0.29) is 0 Å². The highest BCUT2D eigenvalue weighted by Gasteiger charge is 2.36. The Bertz CT molecular complexity index is 1230. The molecule has 0 N–H and O–H groups in total. The maximum absolute atomic E-state index is 18.4. The molecular weight excluding hydrogens is 410 g/mol. The number of thioether (sulfide) groups is 1. The lowest BCUT2D eigenvalue weighted by molar-refractivity contribution is 0.839. The quantitative estimate of drug-likeness (QED) is 0.263. The summed E-state index contributed by atoms with van der Waals surface area (Å²) in [5.74, 6) is 0. The van der Waals surface area contributed by atoms with Crippen molar-refractivity contribution in [3.8, 4) is 0 Å². The van der Waals surface area contributed by atoms with Crippen LogP contribution >= 0.6 is 11.8 Å². The molecule has 0 saturated carbocycles. The van der Waals surface area contributed by atoms with Crippen LogP contribution in [0.15, 0.2) is 65.6 Å². The van der Waals surface area contributed by atoms with Gasteiger partial charge in [0.25, 0.3) is 0 Å². The van der Waals surface area contributed by atoms with Crippen molar-refractivity contribution in [1.29, 1.82) is 0 Å². The molecule has 0 saturated heterocycles. The predicted molar refractivity (Wildman–Crippen MR) is 143 cm³/mol. The number of benzene rings is 4. The van der Waals surface area contributed by atoms with Crippen molar-refractivity contribution in [2.75, 3.05) is 6.26 Å². The van der Waals surface area contributed by atoms with Crippen molar-refractivity contribution < 1.29 is 4.32 Å². The van der Waals surface area contributed by atoms with Crippen molar-refractivity contribution in [2.45, 2.75) is 46.4 Å². The zero-order valence-corrected chi connectivity index (χ0v) is 21.0. The van der Waals surface area contributed by atoms with Gasteiger partial charge in [-0.15, -0.1) is 11.8 Å². The molecule has 0 bridgehead atoms. The number of hydrogen-bond acceptors (Lipinski definition) is 1. The van der Waals surface area contributed by atoms with Crippen molar-refractivity contribution in [2.24, 2.45) is 0 Å². The Hall–Kier alpha value is -2.52. The maximum atomic E-state index is 18.4. The lowest BCUT2D eigenvalue weighted by Crippen LogP contribution is -2.67. The van der Waals surface area contributed by atoms with Gasteiger partial charge in [-0.2, -0.15) is 16.4 Å². The van der Waals surface area contributed by atoms with E-state index >= 15 is 4.32 Å². The Balaban J connectivity index is 2.24. The first kappa shape index (κ1) is 22.7. The molecule has 0 atom stereocenters. The summed E-state index contributed by atoms with van der Waals surface area (Å²) in [6.45, 7) is 12.4. The highest BCUT2D eigenvalue weighted by Crippen LogP contribution is 2.29. The van der Waals surface area contributed by atoms with Gasteiger partial charge in [0.1, 0.15) is 0 Å². The number of rotatable bonds is 4. The van der Waals surface area contributed by atoms with Gasteiger partial charge in [-0.05, 0) is 64.6 Å². The number of aryl methyl sites for hydroxylation is 6. The average molecular weight is 441 g/mol. The maximum Gasteiger partial charge on any atom is 0.235 e. The van der Waals surface area contributed by atoms with Crippen molar-refractivity contribution >= 4 is 45.3 Å². The molecule has 0 heterocycles. The van der Waals surface area contributed by atoms with Gasteiger partial charge in [-0.3, -0.25) is 0 Å². The topological polar surface area (TPSA) is 0 Å². The molecule has 0 nitrogen and oxygen atoms in total. The first-order valence-electron chi connectivity index (χ1n) is 11.2. The largest absolute Gasteiger partial charge is 0.498 e. The van der Waals surface area contributed by atoms with E-state index in [9.17, 15) is 0 Å². The van der Waals surface area contributed by atoms with Gasteiger partial charge in [0.2, 0.25) is 6.42 Å². The van der Waals surface area contributed by atoms with Gasteiger partial charge >= 0.3 is 0 Å². The standard InChI is InChI=1S/C29H31BFS/c1-18-14-20(3)28(21(4)15-18)30(31,29-22(5)16-19(2)17-23(29)6)25-12-8-10-24-11-9-13-26(32-7)27(24)25/h8-17H,1-7H3/q-1. The Morgan fingerprint density at radius 2 is 1.09 bits per heavy atom. The van der Waals surface area contributed by atoms with Gasteiger partial charge < -0.3 is 4.32 Å². The van der Waals surface area contributed by atoms with Crippen LogP contribution in [0.5, 0.6) is 0 Å². The summed E-state index contributed by atoms with van der Waals surface area (Å²) in [5.41, 5.74) is 8.85. The van der Waals surface area contributed by atoms with Crippen LogP contribution in [0.3, 0.4) is 0 Å². The van der Waals surface area contributed by atoms with Crippen LogP contribution in [0.2, 0.25) is 0 Å². The molecular formula is C29H31BFS-. The van der Waals surface area contributed by atoms with Crippen molar-refractivity contribution in [3.05, 3.63) is 94.0 Å². The highest BCUT2D eigenvalue weighted by atomic mass is 32.2. The van der Waals surface area contributed by atoms with Crippen LogP contribution < -0.4 is 16.4 Å². The molecule has 0 amide bonds. The molecule has 0 aliphatic carbocycles. The van der Waals surface area contributed by atoms with Crippen LogP contribution in [-0.2, 0) is 0 Å². The summed E-state index contributed by atoms with van der Waals surface area (Å²) in [7, 11) is 0. The Morgan fingerprint density at radius 3 is 1.53 bits per heavy atom. The van der Waals surface area contributed by atoms with E-state index < -0.39 is 6.42 Å². The SMILES string of the molecule is CSc1cccc2cccc([B-](F)(c3c(C)cc(C)cc3C)c3c(C)cc(C)cc3C)c12. The van der Waals surface area contributed by atoms with Crippen LogP contribution in [0.4, 0.5) is 4.32 Å². The monoisotopic (exact) mass is 441 g/mol. The first-order chi connectivity index (χ1) is 15.2. The van der Waals surface area contributed by atoms with Crippen LogP contribution in [0.25, 0.3) is 10.8 Å². The highest BCUT2D eigenvalue weighted by molar-refractivity contribution is 7.98. The number of halogens is 1. The van der Waals surface area contributed by atoms with Crippen LogP contribution in [0, 0.1) is 41.5 Å². The molecule has 0 unspecified atom stereocenters. The molecule has 4 rings (SSSR count). The predicted octanol–water partition coefficient (Wildman–Crippen LogP) is 6.35. The zero-order chi connectivity index (χ0) is 23.2. The number of hydrogen-bond donors (Lipinski definition) is 0. The molecule has 4 aromatic carbocycles. The van der Waals surface area contributed by atoms with Gasteiger partial charge in [0.15, 0.2) is 0 Å². The molecule has 32 heavy (non-hydrogen) atoms. The lowest BCUT2D eigenvalue weighted by Gasteiger charge is -2.42. The summed E-state index contributed by atoms with van der Waals surface area (Å²) < 4.78 is 18.4. The van der Waals surface area contributed by atoms with E-state index in [0.29, 0.717) is 0 Å². The third kappa shape index (κ3) is 3.57. The van der Waals surface area contributed by atoms with E-state index in [1.807, 2.05) is 12.1 Å². The molecule has 0 spiro atoms. The summed E-state index contributed by atoms with van der Waals surface area (Å²) in [5, 5.41) is 2.12. The second-order valence-corrected chi connectivity index (χ2v) is 10.1. The second kappa shape index (κ2) is 8.44. The van der Waals surface area contributed by atoms with Crippen LogP contribution in [-0.4, -0.2) is 12.7 Å². The molecule has 0 aliphatic rings. The summed E-state index contributed by atoms with van der Waals surface area (Å²) >= 11 is 1.68. The van der Waals surface area contributed by atoms with Gasteiger partial charge in [-0.25, -0.2) is 0 Å². The minimum Gasteiger partial charge on any atom is -0.498 e. The Kier molecular flexibility index (Phi) is 5.98. The second-order valence-electron chi connectivity index (χ2n) is 9.29. The molecule has 3 heteroatoms. The molecule has 0 aliphatic heterocycles. The summed E-state index contributed by atoms with van der Waals surface area (Å²) in [4.78, 5) is 1.12. The normalized spacial score (nSPS) is 11.9. The number of fused-ring (bicyclic) bond motifs is 1. The molecule has 0 aromatic heterocycles. The van der Waals surface area contributed by atoms with Crippen LogP contribution in [0.1, 0.15) is 33.4 Å². The van der Waals surface area contributed by atoms with E-state index in [1.54, 1.807) is 11.8 Å².